The number of ether oxygens (including phenoxy) is 4. The van der Waals surface area contributed by atoms with Crippen LogP contribution in [0.15, 0.2) is 36.5 Å². The third-order valence-corrected chi connectivity index (χ3v) is 8.84. The van der Waals surface area contributed by atoms with E-state index in [9.17, 15) is 19.2 Å². The largest absolute Gasteiger partial charge is 0.463 e. The predicted molar refractivity (Wildman–Crippen MR) is 143 cm³/mol. The van der Waals surface area contributed by atoms with E-state index in [1.54, 1.807) is 0 Å². The highest BCUT2D eigenvalue weighted by atomic mass is 16.6. The Hall–Kier alpha value is -2.74. The van der Waals surface area contributed by atoms with Crippen molar-refractivity contribution in [2.75, 3.05) is 19.8 Å². The fourth-order valence-corrected chi connectivity index (χ4v) is 6.52. The van der Waals surface area contributed by atoms with E-state index in [0.29, 0.717) is 31.7 Å². The molecule has 3 fully saturated rings. The first-order valence-corrected chi connectivity index (χ1v) is 14.5. The van der Waals surface area contributed by atoms with E-state index in [0.717, 1.165) is 57.1 Å². The first-order valence-electron chi connectivity index (χ1n) is 14.5. The second-order valence-corrected chi connectivity index (χ2v) is 11.8. The molecule has 0 radical (unpaired) electrons. The maximum Gasteiger partial charge on any atom is 0.338 e. The van der Waals surface area contributed by atoms with E-state index >= 15 is 0 Å². The zero-order valence-corrected chi connectivity index (χ0v) is 23.3. The standard InChI is InChI=1S/C15H22O2.C12H18O3.C4H2O3/c1-14(7-3-2-4-8-14)17-13(16)15-9-5-12(11-15)6-10-15;1-2-14-7-8-15-11(13)12-5-3-10(9-12)4-6-12;5-3-1-2-4(6)7-3/h5,9,12H,2-4,6-8,10-11H2,1H3;3,5,10H,2,4,6-9H2,1H3;1-2H. The van der Waals surface area contributed by atoms with Gasteiger partial charge in [0.05, 0.1) is 17.4 Å². The Morgan fingerprint density at radius 3 is 1.82 bits per heavy atom. The molecular weight excluding hydrogens is 500 g/mol. The van der Waals surface area contributed by atoms with Crippen LogP contribution in [-0.4, -0.2) is 49.3 Å². The van der Waals surface area contributed by atoms with Crippen molar-refractivity contribution in [3.63, 3.8) is 0 Å². The zero-order chi connectivity index (χ0) is 27.9. The lowest BCUT2D eigenvalue weighted by molar-refractivity contribution is -0.170. The van der Waals surface area contributed by atoms with Gasteiger partial charge in [-0.05, 0) is 89.9 Å². The first kappa shape index (κ1) is 29.2. The monoisotopic (exact) mass is 542 g/mol. The number of carbonyl (C=O) groups is 4. The van der Waals surface area contributed by atoms with Gasteiger partial charge in [0.2, 0.25) is 0 Å². The molecule has 0 aromatic rings. The summed E-state index contributed by atoms with van der Waals surface area (Å²) in [6.45, 7) is 5.61. The normalized spacial score (nSPS) is 32.3. The Morgan fingerprint density at radius 1 is 0.846 bits per heavy atom. The van der Waals surface area contributed by atoms with Gasteiger partial charge in [0.1, 0.15) is 12.2 Å². The molecule has 0 aromatic carbocycles. The molecule has 214 valence electrons. The molecule has 0 saturated heterocycles. The summed E-state index contributed by atoms with van der Waals surface area (Å²) < 4.78 is 20.2. The third-order valence-electron chi connectivity index (χ3n) is 8.84. The van der Waals surface area contributed by atoms with E-state index < -0.39 is 11.9 Å². The Labute approximate surface area is 231 Å². The van der Waals surface area contributed by atoms with Crippen LogP contribution in [0.4, 0.5) is 0 Å². The molecule has 39 heavy (non-hydrogen) atoms. The number of esters is 4. The Balaban J connectivity index is 0.000000147. The summed E-state index contributed by atoms with van der Waals surface area (Å²) in [6, 6.07) is 0. The van der Waals surface area contributed by atoms with Crippen molar-refractivity contribution in [3.05, 3.63) is 36.5 Å². The molecule has 3 saturated carbocycles. The number of rotatable bonds is 7. The van der Waals surface area contributed by atoms with Gasteiger partial charge in [-0.2, -0.15) is 0 Å². The number of cyclic esters (lactones) is 2. The predicted octanol–water partition coefficient (Wildman–Crippen LogP) is 5.16. The van der Waals surface area contributed by atoms with E-state index in [-0.39, 0.29) is 28.4 Å². The lowest BCUT2D eigenvalue weighted by atomic mass is 9.84. The summed E-state index contributed by atoms with van der Waals surface area (Å²) in [4.78, 5) is 44.1. The number of allylic oxidation sites excluding steroid dienone is 2. The van der Waals surface area contributed by atoms with Crippen molar-refractivity contribution in [2.45, 2.75) is 90.1 Å². The summed E-state index contributed by atoms with van der Waals surface area (Å²) >= 11 is 0. The van der Waals surface area contributed by atoms with Crippen LogP contribution >= 0.6 is 0 Å². The highest BCUT2D eigenvalue weighted by molar-refractivity contribution is 6.04. The van der Waals surface area contributed by atoms with E-state index in [4.69, 9.17) is 14.2 Å². The van der Waals surface area contributed by atoms with Crippen molar-refractivity contribution in [3.8, 4) is 0 Å². The second-order valence-electron chi connectivity index (χ2n) is 11.8. The van der Waals surface area contributed by atoms with Crippen LogP contribution in [0.3, 0.4) is 0 Å². The average molecular weight is 543 g/mol. The van der Waals surface area contributed by atoms with Crippen molar-refractivity contribution in [1.29, 1.82) is 0 Å². The van der Waals surface area contributed by atoms with Crippen LogP contribution in [0.2, 0.25) is 0 Å². The molecule has 8 heteroatoms. The highest BCUT2D eigenvalue weighted by Crippen LogP contribution is 2.51. The lowest BCUT2D eigenvalue weighted by Crippen LogP contribution is -2.39. The van der Waals surface area contributed by atoms with E-state index in [1.165, 1.54) is 25.7 Å². The molecular formula is C31H42O8. The number of carbonyl (C=O) groups excluding carboxylic acids is 4. The van der Waals surface area contributed by atoms with Crippen molar-refractivity contribution >= 4 is 23.9 Å². The minimum atomic E-state index is -0.579. The van der Waals surface area contributed by atoms with Crippen LogP contribution in [0.25, 0.3) is 0 Å². The smallest absolute Gasteiger partial charge is 0.338 e. The van der Waals surface area contributed by atoms with Crippen molar-refractivity contribution in [1.82, 2.24) is 0 Å². The maximum atomic E-state index is 12.4. The maximum absolute atomic E-state index is 12.4. The first-order chi connectivity index (χ1) is 18.7. The van der Waals surface area contributed by atoms with Crippen LogP contribution in [0.5, 0.6) is 0 Å². The highest BCUT2D eigenvalue weighted by Gasteiger charge is 2.49. The summed E-state index contributed by atoms with van der Waals surface area (Å²) in [5.74, 6) is 0.0951. The molecule has 0 amide bonds. The summed E-state index contributed by atoms with van der Waals surface area (Å²) in [5, 5.41) is 0. The summed E-state index contributed by atoms with van der Waals surface area (Å²) in [5.41, 5.74) is -0.708. The molecule has 4 unspecified atom stereocenters. The van der Waals surface area contributed by atoms with Gasteiger partial charge in [0.15, 0.2) is 0 Å². The summed E-state index contributed by atoms with van der Waals surface area (Å²) in [7, 11) is 0. The van der Waals surface area contributed by atoms with Crippen LogP contribution < -0.4 is 0 Å². The van der Waals surface area contributed by atoms with Gasteiger partial charge in [-0.3, -0.25) is 9.59 Å². The van der Waals surface area contributed by atoms with Crippen molar-refractivity contribution < 1.29 is 38.1 Å². The van der Waals surface area contributed by atoms with Crippen molar-refractivity contribution in [2.24, 2.45) is 22.7 Å². The quantitative estimate of drug-likeness (QED) is 0.143. The van der Waals surface area contributed by atoms with Gasteiger partial charge in [-0.15, -0.1) is 0 Å². The molecule has 1 aliphatic heterocycles. The van der Waals surface area contributed by atoms with Crippen LogP contribution in [-0.2, 0) is 38.1 Å². The molecule has 0 spiro atoms. The molecule has 6 rings (SSSR count). The fourth-order valence-electron chi connectivity index (χ4n) is 6.52. The number of fused-ring (bicyclic) bond motifs is 4. The Morgan fingerprint density at radius 2 is 1.41 bits per heavy atom. The zero-order valence-electron chi connectivity index (χ0n) is 23.3. The molecule has 6 aliphatic rings. The van der Waals surface area contributed by atoms with Gasteiger partial charge in [-0.25, -0.2) is 9.59 Å². The minimum absolute atomic E-state index is 0.0538. The minimum Gasteiger partial charge on any atom is -0.463 e. The van der Waals surface area contributed by atoms with Gasteiger partial charge in [-0.1, -0.05) is 30.7 Å². The van der Waals surface area contributed by atoms with Gasteiger partial charge >= 0.3 is 23.9 Å². The topological polar surface area (TPSA) is 105 Å². The molecule has 0 N–H and O–H groups in total. The van der Waals surface area contributed by atoms with Crippen LogP contribution in [0.1, 0.15) is 84.5 Å². The summed E-state index contributed by atoms with van der Waals surface area (Å²) in [6.07, 6.45) is 22.7. The Bertz CT molecular complexity index is 1000. The SMILES string of the molecule is CC1(OC(=O)C23C=CC(CC2)C3)CCCCC1.CCOCCOC(=O)C12C=CC(CC1)C2.O=C1C=CC(=O)O1. The molecule has 8 nitrogen and oxygen atoms in total. The third kappa shape index (κ3) is 7.27. The van der Waals surface area contributed by atoms with Gasteiger partial charge in [0, 0.05) is 18.8 Å². The van der Waals surface area contributed by atoms with E-state index in [1.807, 2.05) is 13.0 Å². The lowest BCUT2D eigenvalue weighted by Gasteiger charge is -2.36. The molecule has 5 aliphatic carbocycles. The Kier molecular flexibility index (Phi) is 9.47. The molecule has 4 atom stereocenters. The van der Waals surface area contributed by atoms with Gasteiger partial charge in [0.25, 0.3) is 0 Å². The number of hydrogen-bond acceptors (Lipinski definition) is 8. The second kappa shape index (κ2) is 12.6. The van der Waals surface area contributed by atoms with E-state index in [2.05, 4.69) is 29.9 Å². The van der Waals surface area contributed by atoms with Crippen LogP contribution in [0, 0.1) is 22.7 Å². The van der Waals surface area contributed by atoms with Gasteiger partial charge < -0.3 is 18.9 Å². The fraction of sp³-hybridized carbons (Fsp3) is 0.677. The molecule has 4 bridgehead atoms. The molecule has 1 heterocycles. The molecule has 0 aromatic heterocycles. The average Bonchev–Trinajstić information content (AvgIpc) is 3.76. The number of hydrogen-bond donors (Lipinski definition) is 0.